The largest absolute Gasteiger partial charge is 0.345 e. The van der Waals surface area contributed by atoms with Gasteiger partial charge in [0.15, 0.2) is 0 Å². The average molecular weight is 278 g/mol. The van der Waals surface area contributed by atoms with Gasteiger partial charge in [-0.05, 0) is 69.1 Å². The average Bonchev–Trinajstić information content (AvgIpc) is 2.31. The molecule has 0 aromatic carbocycles. The van der Waals surface area contributed by atoms with Crippen LogP contribution in [0.3, 0.4) is 0 Å². The van der Waals surface area contributed by atoms with Gasteiger partial charge in [0.05, 0.1) is 5.41 Å². The first-order valence-electron chi connectivity index (χ1n) is 8.33. The van der Waals surface area contributed by atoms with Gasteiger partial charge in [0.1, 0.15) is 0 Å². The Kier molecular flexibility index (Phi) is 3.39. The number of hydrogen-bond donors (Lipinski definition) is 1. The van der Waals surface area contributed by atoms with Crippen LogP contribution in [0.25, 0.3) is 0 Å². The molecule has 4 aliphatic rings. The van der Waals surface area contributed by atoms with E-state index in [1.165, 1.54) is 19.3 Å². The van der Waals surface area contributed by atoms with E-state index in [1.54, 1.807) is 0 Å². The highest BCUT2D eigenvalue weighted by Crippen LogP contribution is 2.65. The molecule has 0 radical (unpaired) electrons. The van der Waals surface area contributed by atoms with Crippen molar-refractivity contribution in [3.8, 4) is 0 Å². The van der Waals surface area contributed by atoms with E-state index in [-0.39, 0.29) is 11.5 Å². The minimum absolute atomic E-state index is 0.0224. The predicted molar refractivity (Wildman–Crippen MR) is 81.1 cm³/mol. The van der Waals surface area contributed by atoms with E-state index in [0.29, 0.717) is 11.3 Å². The molecule has 4 rings (SSSR count). The van der Waals surface area contributed by atoms with Crippen LogP contribution in [0.2, 0.25) is 0 Å². The number of nitrogens with zero attached hydrogens (tertiary/aromatic N) is 1. The molecule has 1 amide bonds. The van der Waals surface area contributed by atoms with Crippen LogP contribution in [0.4, 0.5) is 0 Å². The van der Waals surface area contributed by atoms with Crippen molar-refractivity contribution in [2.45, 2.75) is 64.8 Å². The molecule has 0 aromatic heterocycles. The Labute approximate surface area is 123 Å². The fourth-order valence-corrected chi connectivity index (χ4v) is 5.87. The molecule has 0 heterocycles. The lowest BCUT2D eigenvalue weighted by atomic mass is 9.44. The first-order chi connectivity index (χ1) is 9.32. The standard InChI is InChI=1S/C17H30N2O/c1-12(18)4-5-19(3)15(20)17-9-13-6-14(10-17)8-16(2,7-13)11-17/h12-14H,4-11,18H2,1-3H3. The predicted octanol–water partition coefficient (Wildman–Crippen LogP) is 2.79. The number of rotatable bonds is 4. The Hall–Kier alpha value is -0.570. The third-order valence-electron chi connectivity index (χ3n) is 6.07. The van der Waals surface area contributed by atoms with Crippen LogP contribution in [0.5, 0.6) is 0 Å². The zero-order valence-corrected chi connectivity index (χ0v) is 13.3. The highest BCUT2D eigenvalue weighted by molar-refractivity contribution is 5.83. The van der Waals surface area contributed by atoms with Crippen molar-refractivity contribution in [3.63, 3.8) is 0 Å². The van der Waals surface area contributed by atoms with E-state index in [9.17, 15) is 4.79 Å². The highest BCUT2D eigenvalue weighted by Gasteiger charge is 2.59. The minimum atomic E-state index is -0.0224. The van der Waals surface area contributed by atoms with Crippen molar-refractivity contribution in [2.75, 3.05) is 13.6 Å². The molecule has 114 valence electrons. The normalized spacial score (nSPS) is 43.6. The summed E-state index contributed by atoms with van der Waals surface area (Å²) in [5.74, 6) is 2.04. The second-order valence-electron chi connectivity index (χ2n) is 8.54. The SMILES string of the molecule is CC(N)CCN(C)C(=O)C12CC3CC(CC(C)(C3)C1)C2. The van der Waals surface area contributed by atoms with Gasteiger partial charge in [0, 0.05) is 19.6 Å². The fourth-order valence-electron chi connectivity index (χ4n) is 5.87. The summed E-state index contributed by atoms with van der Waals surface area (Å²) in [4.78, 5) is 15.0. The molecular formula is C17H30N2O. The lowest BCUT2D eigenvalue weighted by Gasteiger charge is -2.61. The van der Waals surface area contributed by atoms with E-state index >= 15 is 0 Å². The quantitative estimate of drug-likeness (QED) is 0.859. The number of carbonyl (C=O) groups excluding carboxylic acids is 1. The van der Waals surface area contributed by atoms with Crippen LogP contribution in [0.15, 0.2) is 0 Å². The molecule has 0 aliphatic heterocycles. The van der Waals surface area contributed by atoms with Gasteiger partial charge in [0.25, 0.3) is 0 Å². The fraction of sp³-hybridized carbons (Fsp3) is 0.941. The van der Waals surface area contributed by atoms with Crippen molar-refractivity contribution in [2.24, 2.45) is 28.4 Å². The Morgan fingerprint density at radius 2 is 1.90 bits per heavy atom. The number of amides is 1. The lowest BCUT2D eigenvalue weighted by molar-refractivity contribution is -0.164. The van der Waals surface area contributed by atoms with E-state index in [0.717, 1.165) is 44.1 Å². The van der Waals surface area contributed by atoms with Gasteiger partial charge in [-0.25, -0.2) is 0 Å². The molecule has 3 heteroatoms. The Bertz CT molecular complexity index is 390. The van der Waals surface area contributed by atoms with E-state index in [4.69, 9.17) is 5.73 Å². The zero-order valence-electron chi connectivity index (χ0n) is 13.3. The first kappa shape index (κ1) is 14.4. The summed E-state index contributed by atoms with van der Waals surface area (Å²) in [6.07, 6.45) is 8.45. The van der Waals surface area contributed by atoms with Gasteiger partial charge < -0.3 is 10.6 Å². The second-order valence-corrected chi connectivity index (χ2v) is 8.54. The van der Waals surface area contributed by atoms with Crippen LogP contribution in [-0.2, 0) is 4.79 Å². The molecule has 0 saturated heterocycles. The van der Waals surface area contributed by atoms with Crippen LogP contribution < -0.4 is 5.73 Å². The molecule has 4 aliphatic carbocycles. The Morgan fingerprint density at radius 1 is 1.30 bits per heavy atom. The van der Waals surface area contributed by atoms with Crippen molar-refractivity contribution >= 4 is 5.91 Å². The molecule has 0 aromatic rings. The summed E-state index contributed by atoms with van der Waals surface area (Å²) in [5.41, 5.74) is 6.25. The number of hydrogen-bond acceptors (Lipinski definition) is 2. The molecule has 3 atom stereocenters. The molecule has 4 saturated carbocycles. The molecule has 2 N–H and O–H groups in total. The lowest BCUT2D eigenvalue weighted by Crippen LogP contribution is -2.57. The van der Waals surface area contributed by atoms with Crippen LogP contribution in [-0.4, -0.2) is 30.4 Å². The van der Waals surface area contributed by atoms with Crippen molar-refractivity contribution in [3.05, 3.63) is 0 Å². The van der Waals surface area contributed by atoms with Gasteiger partial charge in [-0.3, -0.25) is 4.79 Å². The molecule has 3 nitrogen and oxygen atoms in total. The molecule has 0 spiro atoms. The summed E-state index contributed by atoms with van der Waals surface area (Å²) >= 11 is 0. The third-order valence-corrected chi connectivity index (χ3v) is 6.07. The van der Waals surface area contributed by atoms with Gasteiger partial charge in [-0.1, -0.05) is 6.92 Å². The zero-order chi connectivity index (χ0) is 14.5. The molecular weight excluding hydrogens is 248 g/mol. The monoisotopic (exact) mass is 278 g/mol. The highest BCUT2D eigenvalue weighted by atomic mass is 16.2. The maximum absolute atomic E-state index is 13.0. The van der Waals surface area contributed by atoms with Gasteiger partial charge in [-0.2, -0.15) is 0 Å². The summed E-state index contributed by atoms with van der Waals surface area (Å²) in [7, 11) is 1.98. The van der Waals surface area contributed by atoms with Gasteiger partial charge >= 0.3 is 0 Å². The number of carbonyl (C=O) groups is 1. The summed E-state index contributed by atoms with van der Waals surface area (Å²) in [6.45, 7) is 5.25. The van der Waals surface area contributed by atoms with E-state index in [1.807, 2.05) is 18.9 Å². The maximum atomic E-state index is 13.0. The Balaban J connectivity index is 1.74. The van der Waals surface area contributed by atoms with Crippen molar-refractivity contribution in [1.29, 1.82) is 0 Å². The molecule has 4 fully saturated rings. The smallest absolute Gasteiger partial charge is 0.228 e. The third kappa shape index (κ3) is 2.38. The van der Waals surface area contributed by atoms with E-state index in [2.05, 4.69) is 6.92 Å². The minimum Gasteiger partial charge on any atom is -0.345 e. The van der Waals surface area contributed by atoms with Gasteiger partial charge in [-0.15, -0.1) is 0 Å². The van der Waals surface area contributed by atoms with E-state index < -0.39 is 0 Å². The summed E-state index contributed by atoms with van der Waals surface area (Å²) < 4.78 is 0. The molecule has 4 bridgehead atoms. The maximum Gasteiger partial charge on any atom is 0.228 e. The van der Waals surface area contributed by atoms with Crippen molar-refractivity contribution in [1.82, 2.24) is 4.90 Å². The van der Waals surface area contributed by atoms with Crippen LogP contribution >= 0.6 is 0 Å². The summed E-state index contributed by atoms with van der Waals surface area (Å²) in [5, 5.41) is 0. The van der Waals surface area contributed by atoms with Crippen molar-refractivity contribution < 1.29 is 4.79 Å². The topological polar surface area (TPSA) is 46.3 Å². The van der Waals surface area contributed by atoms with Gasteiger partial charge in [0.2, 0.25) is 5.91 Å². The number of nitrogens with two attached hydrogens (primary N) is 1. The molecule has 20 heavy (non-hydrogen) atoms. The van der Waals surface area contributed by atoms with Crippen LogP contribution in [0.1, 0.15) is 58.8 Å². The summed E-state index contributed by atoms with van der Waals surface area (Å²) in [6, 6.07) is 0.180. The Morgan fingerprint density at radius 3 is 2.40 bits per heavy atom. The first-order valence-corrected chi connectivity index (χ1v) is 8.33. The molecule has 3 unspecified atom stereocenters. The second kappa shape index (κ2) is 4.72. The van der Waals surface area contributed by atoms with Crippen LogP contribution in [0, 0.1) is 22.7 Å².